The topological polar surface area (TPSA) is 0 Å². The van der Waals surface area contributed by atoms with Crippen LogP contribution in [-0.4, -0.2) is 0 Å². The fourth-order valence-electron chi connectivity index (χ4n) is 3.49. The van der Waals surface area contributed by atoms with Gasteiger partial charge in [0.05, 0.1) is 0 Å². The second-order valence-corrected chi connectivity index (χ2v) is 6.97. The highest BCUT2D eigenvalue weighted by Gasteiger charge is 2.26. The standard InChI is InChI=1S/C16H32/c1-11(2)16-8-7-13(4)15(6)14(5)9-12(3)10-16/h11-16H,7-10H2,1-6H3. The Morgan fingerprint density at radius 3 is 2.00 bits per heavy atom. The highest BCUT2D eigenvalue weighted by Crippen LogP contribution is 2.37. The van der Waals surface area contributed by atoms with Crippen molar-refractivity contribution in [3.8, 4) is 0 Å². The van der Waals surface area contributed by atoms with Crippen molar-refractivity contribution in [1.82, 2.24) is 0 Å². The molecule has 0 heterocycles. The summed E-state index contributed by atoms with van der Waals surface area (Å²) in [5, 5.41) is 0. The van der Waals surface area contributed by atoms with Crippen molar-refractivity contribution in [2.75, 3.05) is 0 Å². The van der Waals surface area contributed by atoms with E-state index in [1.165, 1.54) is 25.7 Å². The zero-order valence-corrected chi connectivity index (χ0v) is 12.3. The summed E-state index contributed by atoms with van der Waals surface area (Å²) in [4.78, 5) is 0. The second kappa shape index (κ2) is 6.07. The Labute approximate surface area is 103 Å². The third-order valence-corrected chi connectivity index (χ3v) is 5.21. The minimum atomic E-state index is 0.873. The molecule has 5 unspecified atom stereocenters. The minimum absolute atomic E-state index is 0.873. The maximum atomic E-state index is 2.47. The summed E-state index contributed by atoms with van der Waals surface area (Å²) < 4.78 is 0. The first-order chi connectivity index (χ1) is 7.41. The first-order valence-electron chi connectivity index (χ1n) is 7.41. The van der Waals surface area contributed by atoms with E-state index in [1.807, 2.05) is 0 Å². The third kappa shape index (κ3) is 3.79. The molecule has 0 nitrogen and oxygen atoms in total. The lowest BCUT2D eigenvalue weighted by Crippen LogP contribution is -2.17. The van der Waals surface area contributed by atoms with E-state index >= 15 is 0 Å². The smallest absolute Gasteiger partial charge is 0.0388 e. The van der Waals surface area contributed by atoms with Gasteiger partial charge in [0, 0.05) is 0 Å². The Hall–Kier alpha value is 0. The number of hydrogen-bond acceptors (Lipinski definition) is 0. The van der Waals surface area contributed by atoms with Gasteiger partial charge in [-0.1, -0.05) is 48.0 Å². The summed E-state index contributed by atoms with van der Waals surface area (Å²) in [7, 11) is 0. The van der Waals surface area contributed by atoms with Crippen LogP contribution in [-0.2, 0) is 0 Å². The Bertz CT molecular complexity index is 194. The predicted octanol–water partition coefficient (Wildman–Crippen LogP) is 5.38. The van der Waals surface area contributed by atoms with Gasteiger partial charge in [-0.05, 0) is 54.8 Å². The average Bonchev–Trinajstić information content (AvgIpc) is 2.24. The summed E-state index contributed by atoms with van der Waals surface area (Å²) in [5.41, 5.74) is 0. The fraction of sp³-hybridized carbons (Fsp3) is 1.00. The van der Waals surface area contributed by atoms with Crippen LogP contribution in [0.3, 0.4) is 0 Å². The molecule has 1 fully saturated rings. The van der Waals surface area contributed by atoms with Crippen LogP contribution in [0.2, 0.25) is 0 Å². The lowest BCUT2D eigenvalue weighted by Gasteiger charge is -2.26. The molecular weight excluding hydrogens is 192 g/mol. The van der Waals surface area contributed by atoms with E-state index in [9.17, 15) is 0 Å². The van der Waals surface area contributed by atoms with Gasteiger partial charge in [-0.25, -0.2) is 0 Å². The Morgan fingerprint density at radius 2 is 1.44 bits per heavy atom. The SMILES string of the molecule is CC1CC(C)C(C)C(C)CCC(C(C)C)C1. The molecular formula is C16H32. The van der Waals surface area contributed by atoms with Crippen LogP contribution < -0.4 is 0 Å². The van der Waals surface area contributed by atoms with Crippen LogP contribution in [0.1, 0.15) is 67.2 Å². The lowest BCUT2D eigenvalue weighted by atomic mass is 9.80. The molecule has 0 N–H and O–H groups in total. The zero-order valence-electron chi connectivity index (χ0n) is 12.3. The molecule has 0 aliphatic heterocycles. The Balaban J connectivity index is 2.68. The molecule has 1 aliphatic rings. The van der Waals surface area contributed by atoms with Crippen molar-refractivity contribution < 1.29 is 0 Å². The molecule has 0 aromatic heterocycles. The van der Waals surface area contributed by atoms with E-state index in [4.69, 9.17) is 0 Å². The van der Waals surface area contributed by atoms with Gasteiger partial charge in [0.25, 0.3) is 0 Å². The molecule has 0 radical (unpaired) electrons. The molecule has 1 saturated carbocycles. The first-order valence-corrected chi connectivity index (χ1v) is 7.41. The summed E-state index contributed by atoms with van der Waals surface area (Å²) in [6.45, 7) is 14.7. The summed E-state index contributed by atoms with van der Waals surface area (Å²) in [6, 6.07) is 0. The van der Waals surface area contributed by atoms with Crippen LogP contribution in [0.25, 0.3) is 0 Å². The van der Waals surface area contributed by atoms with Crippen molar-refractivity contribution in [2.45, 2.75) is 67.2 Å². The molecule has 0 saturated heterocycles. The number of rotatable bonds is 1. The highest BCUT2D eigenvalue weighted by atomic mass is 14.3. The summed E-state index contributed by atoms with van der Waals surface area (Å²) in [5.74, 6) is 5.51. The largest absolute Gasteiger partial charge is 0.0625 e. The van der Waals surface area contributed by atoms with Crippen molar-refractivity contribution >= 4 is 0 Å². The van der Waals surface area contributed by atoms with Gasteiger partial charge >= 0.3 is 0 Å². The van der Waals surface area contributed by atoms with Crippen LogP contribution in [0.15, 0.2) is 0 Å². The Kier molecular flexibility index (Phi) is 5.34. The normalized spacial score (nSPS) is 42.6. The van der Waals surface area contributed by atoms with Gasteiger partial charge in [0.15, 0.2) is 0 Å². The van der Waals surface area contributed by atoms with Crippen LogP contribution >= 0.6 is 0 Å². The molecule has 0 heteroatoms. The van der Waals surface area contributed by atoms with Crippen LogP contribution in [0, 0.1) is 35.5 Å². The highest BCUT2D eigenvalue weighted by molar-refractivity contribution is 4.77. The molecule has 0 amide bonds. The van der Waals surface area contributed by atoms with Crippen LogP contribution in [0.4, 0.5) is 0 Å². The molecule has 16 heavy (non-hydrogen) atoms. The fourth-order valence-corrected chi connectivity index (χ4v) is 3.49. The van der Waals surface area contributed by atoms with E-state index in [0.29, 0.717) is 0 Å². The van der Waals surface area contributed by atoms with Gasteiger partial charge < -0.3 is 0 Å². The second-order valence-electron chi connectivity index (χ2n) is 6.97. The molecule has 0 spiro atoms. The van der Waals surface area contributed by atoms with Crippen molar-refractivity contribution in [3.63, 3.8) is 0 Å². The van der Waals surface area contributed by atoms with E-state index in [0.717, 1.165) is 35.5 Å². The Morgan fingerprint density at radius 1 is 0.812 bits per heavy atom. The lowest BCUT2D eigenvalue weighted by molar-refractivity contribution is 0.240. The molecule has 0 bridgehead atoms. The zero-order chi connectivity index (χ0) is 12.3. The van der Waals surface area contributed by atoms with Crippen molar-refractivity contribution in [2.24, 2.45) is 35.5 Å². The molecule has 0 aromatic carbocycles. The van der Waals surface area contributed by atoms with E-state index < -0.39 is 0 Å². The molecule has 96 valence electrons. The van der Waals surface area contributed by atoms with Crippen molar-refractivity contribution in [3.05, 3.63) is 0 Å². The monoisotopic (exact) mass is 224 g/mol. The van der Waals surface area contributed by atoms with Gasteiger partial charge in [-0.15, -0.1) is 0 Å². The van der Waals surface area contributed by atoms with E-state index in [2.05, 4.69) is 41.5 Å². The predicted molar refractivity (Wildman–Crippen MR) is 73.5 cm³/mol. The maximum absolute atomic E-state index is 2.47. The van der Waals surface area contributed by atoms with Gasteiger partial charge in [-0.3, -0.25) is 0 Å². The number of hydrogen-bond donors (Lipinski definition) is 0. The van der Waals surface area contributed by atoms with Crippen LogP contribution in [0.5, 0.6) is 0 Å². The first kappa shape index (κ1) is 14.1. The van der Waals surface area contributed by atoms with E-state index in [1.54, 1.807) is 0 Å². The quantitative estimate of drug-likeness (QED) is 0.561. The minimum Gasteiger partial charge on any atom is -0.0625 e. The average molecular weight is 224 g/mol. The summed E-state index contributed by atoms with van der Waals surface area (Å²) >= 11 is 0. The van der Waals surface area contributed by atoms with Gasteiger partial charge in [0.2, 0.25) is 0 Å². The van der Waals surface area contributed by atoms with Gasteiger partial charge in [0.1, 0.15) is 0 Å². The summed E-state index contributed by atoms with van der Waals surface area (Å²) in [6.07, 6.45) is 5.80. The molecule has 1 aliphatic carbocycles. The molecule has 0 aromatic rings. The van der Waals surface area contributed by atoms with E-state index in [-0.39, 0.29) is 0 Å². The maximum Gasteiger partial charge on any atom is -0.0388 e. The molecule has 1 rings (SSSR count). The van der Waals surface area contributed by atoms with Crippen molar-refractivity contribution in [1.29, 1.82) is 0 Å². The molecule has 5 atom stereocenters. The third-order valence-electron chi connectivity index (χ3n) is 5.21. The van der Waals surface area contributed by atoms with Gasteiger partial charge in [-0.2, -0.15) is 0 Å².